The summed E-state index contributed by atoms with van der Waals surface area (Å²) in [6.45, 7) is 0. The number of carboxylic acid groups (broad SMARTS) is 1. The molecule has 0 spiro atoms. The van der Waals surface area contributed by atoms with E-state index in [4.69, 9.17) is 5.11 Å². The molecule has 1 aromatic heterocycles. The molecule has 2 atom stereocenters. The SMILES string of the molecule is O=C(O)C1CCC1Cc1nc2ccccc2s1. The number of aliphatic carboxylic acids is 1. The summed E-state index contributed by atoms with van der Waals surface area (Å²) in [7, 11) is 0. The first-order valence-electron chi connectivity index (χ1n) is 5.81. The Morgan fingerprint density at radius 1 is 1.41 bits per heavy atom. The third-order valence-electron chi connectivity index (χ3n) is 3.51. The highest BCUT2D eigenvalue weighted by atomic mass is 32.1. The van der Waals surface area contributed by atoms with Gasteiger partial charge in [-0.05, 0) is 30.9 Å². The Balaban J connectivity index is 1.79. The van der Waals surface area contributed by atoms with Crippen LogP contribution in [0.3, 0.4) is 0 Å². The van der Waals surface area contributed by atoms with Crippen LogP contribution in [0.25, 0.3) is 10.2 Å². The van der Waals surface area contributed by atoms with Gasteiger partial charge in [-0.15, -0.1) is 11.3 Å². The number of aromatic nitrogens is 1. The average Bonchev–Trinajstić information content (AvgIpc) is 2.65. The van der Waals surface area contributed by atoms with Gasteiger partial charge in [0.2, 0.25) is 0 Å². The van der Waals surface area contributed by atoms with E-state index in [9.17, 15) is 4.79 Å². The third kappa shape index (κ3) is 1.93. The summed E-state index contributed by atoms with van der Waals surface area (Å²) in [6.07, 6.45) is 2.66. The second-order valence-electron chi connectivity index (χ2n) is 4.56. The van der Waals surface area contributed by atoms with Gasteiger partial charge in [0.1, 0.15) is 0 Å². The zero-order valence-electron chi connectivity index (χ0n) is 9.30. The predicted octanol–water partition coefficient (Wildman–Crippen LogP) is 2.95. The Morgan fingerprint density at radius 3 is 2.88 bits per heavy atom. The number of thiazole rings is 1. The minimum absolute atomic E-state index is 0.151. The quantitative estimate of drug-likeness (QED) is 0.907. The average molecular weight is 247 g/mol. The maximum atomic E-state index is 10.9. The minimum Gasteiger partial charge on any atom is -0.481 e. The van der Waals surface area contributed by atoms with Crippen molar-refractivity contribution < 1.29 is 9.90 Å². The Morgan fingerprint density at radius 2 is 2.24 bits per heavy atom. The number of nitrogens with zero attached hydrogens (tertiary/aromatic N) is 1. The van der Waals surface area contributed by atoms with E-state index in [-0.39, 0.29) is 11.8 Å². The predicted molar refractivity (Wildman–Crippen MR) is 67.2 cm³/mol. The van der Waals surface area contributed by atoms with Gasteiger partial charge in [0.05, 0.1) is 21.1 Å². The molecule has 3 nitrogen and oxygen atoms in total. The molecule has 1 N–H and O–H groups in total. The number of carboxylic acids is 1. The number of fused-ring (bicyclic) bond motifs is 1. The van der Waals surface area contributed by atoms with Crippen molar-refractivity contribution in [2.24, 2.45) is 11.8 Å². The second kappa shape index (κ2) is 4.11. The topological polar surface area (TPSA) is 50.2 Å². The van der Waals surface area contributed by atoms with Gasteiger partial charge >= 0.3 is 5.97 Å². The molecular weight excluding hydrogens is 234 g/mol. The lowest BCUT2D eigenvalue weighted by atomic mass is 9.72. The molecule has 88 valence electrons. The Bertz CT molecular complexity index is 530. The normalized spacial score (nSPS) is 23.5. The summed E-state index contributed by atoms with van der Waals surface area (Å²) in [4.78, 5) is 15.5. The van der Waals surface area contributed by atoms with Crippen LogP contribution in [-0.4, -0.2) is 16.1 Å². The van der Waals surface area contributed by atoms with Crippen LogP contribution in [0.5, 0.6) is 0 Å². The molecule has 1 aromatic carbocycles. The fourth-order valence-corrected chi connectivity index (χ4v) is 3.43. The van der Waals surface area contributed by atoms with E-state index < -0.39 is 5.97 Å². The molecule has 1 saturated carbocycles. The van der Waals surface area contributed by atoms with Crippen LogP contribution in [0.4, 0.5) is 0 Å². The van der Waals surface area contributed by atoms with Crippen LogP contribution in [0.15, 0.2) is 24.3 Å². The Labute approximate surface area is 103 Å². The minimum atomic E-state index is -0.651. The fraction of sp³-hybridized carbons (Fsp3) is 0.385. The van der Waals surface area contributed by atoms with E-state index >= 15 is 0 Å². The summed E-state index contributed by atoms with van der Waals surface area (Å²) < 4.78 is 1.19. The third-order valence-corrected chi connectivity index (χ3v) is 4.57. The van der Waals surface area contributed by atoms with Gasteiger partial charge < -0.3 is 5.11 Å². The van der Waals surface area contributed by atoms with Crippen LogP contribution >= 0.6 is 11.3 Å². The molecule has 0 saturated heterocycles. The van der Waals surface area contributed by atoms with Gasteiger partial charge in [0.25, 0.3) is 0 Å². The zero-order chi connectivity index (χ0) is 11.8. The highest BCUT2D eigenvalue weighted by Gasteiger charge is 2.36. The molecular formula is C13H13NO2S. The van der Waals surface area contributed by atoms with Gasteiger partial charge in [0, 0.05) is 6.42 Å². The zero-order valence-corrected chi connectivity index (χ0v) is 10.1. The number of benzene rings is 1. The van der Waals surface area contributed by atoms with E-state index in [1.165, 1.54) is 4.70 Å². The first kappa shape index (κ1) is 10.7. The molecule has 0 aliphatic heterocycles. The summed E-state index contributed by atoms with van der Waals surface area (Å²) >= 11 is 1.68. The van der Waals surface area contributed by atoms with Gasteiger partial charge in [-0.2, -0.15) is 0 Å². The first-order chi connectivity index (χ1) is 8.24. The lowest BCUT2D eigenvalue weighted by molar-refractivity contribution is -0.147. The molecule has 4 heteroatoms. The molecule has 1 heterocycles. The molecule has 0 amide bonds. The van der Waals surface area contributed by atoms with Crippen molar-refractivity contribution >= 4 is 27.5 Å². The molecule has 1 aliphatic carbocycles. The highest BCUT2D eigenvalue weighted by Crippen LogP contribution is 2.38. The van der Waals surface area contributed by atoms with Gasteiger partial charge in [-0.3, -0.25) is 4.79 Å². The molecule has 3 rings (SSSR count). The molecule has 0 radical (unpaired) electrons. The number of para-hydroxylation sites is 1. The van der Waals surface area contributed by atoms with Crippen LogP contribution in [0.1, 0.15) is 17.8 Å². The van der Waals surface area contributed by atoms with E-state index in [1.807, 2.05) is 18.2 Å². The first-order valence-corrected chi connectivity index (χ1v) is 6.63. The van der Waals surface area contributed by atoms with Gasteiger partial charge in [-0.25, -0.2) is 4.98 Å². The lowest BCUT2D eigenvalue weighted by Gasteiger charge is -2.32. The van der Waals surface area contributed by atoms with Crippen molar-refractivity contribution in [2.45, 2.75) is 19.3 Å². The van der Waals surface area contributed by atoms with Gasteiger partial charge in [-0.1, -0.05) is 12.1 Å². The molecule has 1 aliphatic rings. The summed E-state index contributed by atoms with van der Waals surface area (Å²) in [5, 5.41) is 10.1. The van der Waals surface area contributed by atoms with Crippen LogP contribution in [0, 0.1) is 11.8 Å². The van der Waals surface area contributed by atoms with Crippen LogP contribution < -0.4 is 0 Å². The van der Waals surface area contributed by atoms with E-state index in [0.717, 1.165) is 29.8 Å². The van der Waals surface area contributed by atoms with E-state index in [2.05, 4.69) is 11.1 Å². The summed E-state index contributed by atoms with van der Waals surface area (Å²) in [5.41, 5.74) is 1.03. The second-order valence-corrected chi connectivity index (χ2v) is 5.68. The van der Waals surface area contributed by atoms with Crippen molar-refractivity contribution in [1.82, 2.24) is 4.98 Å². The molecule has 1 fully saturated rings. The van der Waals surface area contributed by atoms with E-state index in [0.29, 0.717) is 0 Å². The Kier molecular flexibility index (Phi) is 2.59. The van der Waals surface area contributed by atoms with Crippen LogP contribution in [0.2, 0.25) is 0 Å². The Hall–Kier alpha value is -1.42. The fourth-order valence-electron chi connectivity index (χ4n) is 2.37. The highest BCUT2D eigenvalue weighted by molar-refractivity contribution is 7.18. The number of rotatable bonds is 3. The lowest BCUT2D eigenvalue weighted by Crippen LogP contribution is -2.34. The summed E-state index contributed by atoms with van der Waals surface area (Å²) in [6, 6.07) is 8.06. The van der Waals surface area contributed by atoms with Gasteiger partial charge in [0.15, 0.2) is 0 Å². The maximum absolute atomic E-state index is 10.9. The van der Waals surface area contributed by atoms with Crippen molar-refractivity contribution in [3.63, 3.8) is 0 Å². The molecule has 2 unspecified atom stereocenters. The number of hydrogen-bond acceptors (Lipinski definition) is 3. The largest absolute Gasteiger partial charge is 0.481 e. The van der Waals surface area contributed by atoms with Crippen molar-refractivity contribution in [1.29, 1.82) is 0 Å². The summed E-state index contributed by atoms with van der Waals surface area (Å²) in [5.74, 6) is -0.516. The van der Waals surface area contributed by atoms with E-state index in [1.54, 1.807) is 11.3 Å². The number of carbonyl (C=O) groups is 1. The molecule has 17 heavy (non-hydrogen) atoms. The van der Waals surface area contributed by atoms with Crippen LogP contribution in [-0.2, 0) is 11.2 Å². The maximum Gasteiger partial charge on any atom is 0.306 e. The number of hydrogen-bond donors (Lipinski definition) is 1. The van der Waals surface area contributed by atoms with Crippen molar-refractivity contribution in [3.8, 4) is 0 Å². The molecule has 0 bridgehead atoms. The monoisotopic (exact) mass is 247 g/mol. The molecule has 2 aromatic rings. The smallest absolute Gasteiger partial charge is 0.306 e. The van der Waals surface area contributed by atoms with Crippen molar-refractivity contribution in [2.75, 3.05) is 0 Å². The van der Waals surface area contributed by atoms with Crippen molar-refractivity contribution in [3.05, 3.63) is 29.3 Å². The standard InChI is InChI=1S/C13H13NO2S/c15-13(16)9-6-5-8(9)7-12-14-10-3-1-2-4-11(10)17-12/h1-4,8-9H,5-7H2,(H,15,16).